The zero-order valence-electron chi connectivity index (χ0n) is 9.59. The van der Waals surface area contributed by atoms with E-state index in [9.17, 15) is 18.3 Å². The molecule has 0 radical (unpaired) electrons. The third-order valence-electron chi connectivity index (χ3n) is 2.60. The number of halogens is 3. The second-order valence-corrected chi connectivity index (χ2v) is 3.92. The van der Waals surface area contributed by atoms with Crippen molar-refractivity contribution in [3.05, 3.63) is 53.6 Å². The quantitative estimate of drug-likeness (QED) is 0.819. The van der Waals surface area contributed by atoms with E-state index in [1.807, 2.05) is 0 Å². The average molecular weight is 269 g/mol. The van der Waals surface area contributed by atoms with Gasteiger partial charge in [-0.05, 0) is 18.2 Å². The first kappa shape index (κ1) is 13.3. The van der Waals surface area contributed by atoms with E-state index in [1.165, 1.54) is 18.7 Å². The molecule has 1 unspecified atom stereocenters. The second kappa shape index (κ2) is 4.85. The Morgan fingerprint density at radius 1 is 1.16 bits per heavy atom. The lowest BCUT2D eigenvalue weighted by Crippen LogP contribution is -2.10. The van der Waals surface area contributed by atoms with Crippen LogP contribution in [-0.2, 0) is 6.18 Å². The van der Waals surface area contributed by atoms with Crippen LogP contribution in [0.3, 0.4) is 0 Å². The van der Waals surface area contributed by atoms with E-state index in [-0.39, 0.29) is 16.8 Å². The molecular formula is C12H10F3N3O. The Kier molecular flexibility index (Phi) is 3.39. The number of alkyl halides is 3. The van der Waals surface area contributed by atoms with Crippen molar-refractivity contribution in [2.45, 2.75) is 12.3 Å². The van der Waals surface area contributed by atoms with Crippen molar-refractivity contribution in [3.63, 3.8) is 0 Å². The minimum atomic E-state index is -4.49. The molecule has 19 heavy (non-hydrogen) atoms. The van der Waals surface area contributed by atoms with Crippen LogP contribution in [-0.4, -0.2) is 15.1 Å². The number of aromatic nitrogens is 2. The number of nitrogens with two attached hydrogens (primary N) is 1. The molecule has 0 aliphatic carbocycles. The van der Waals surface area contributed by atoms with Gasteiger partial charge in [-0.25, -0.2) is 9.97 Å². The highest BCUT2D eigenvalue weighted by atomic mass is 19.4. The number of rotatable bonds is 2. The molecule has 1 heterocycles. The Morgan fingerprint density at radius 3 is 2.37 bits per heavy atom. The first-order valence-electron chi connectivity index (χ1n) is 5.29. The van der Waals surface area contributed by atoms with Gasteiger partial charge in [0.25, 0.3) is 0 Å². The van der Waals surface area contributed by atoms with Crippen LogP contribution in [0, 0.1) is 0 Å². The maximum absolute atomic E-state index is 12.6. The van der Waals surface area contributed by atoms with E-state index in [1.54, 1.807) is 0 Å². The van der Waals surface area contributed by atoms with Gasteiger partial charge in [-0.15, -0.1) is 0 Å². The van der Waals surface area contributed by atoms with Crippen molar-refractivity contribution in [1.29, 1.82) is 0 Å². The molecular weight excluding hydrogens is 259 g/mol. The normalized spacial score (nSPS) is 13.3. The molecule has 3 N–H and O–H groups in total. The number of nitrogen functional groups attached to an aromatic ring is 1. The number of hydrogen-bond donors (Lipinski definition) is 2. The lowest BCUT2D eigenvalue weighted by molar-refractivity contribution is -0.137. The van der Waals surface area contributed by atoms with Crippen LogP contribution >= 0.6 is 0 Å². The summed E-state index contributed by atoms with van der Waals surface area (Å²) in [4.78, 5) is 7.40. The van der Waals surface area contributed by atoms with Crippen molar-refractivity contribution in [3.8, 4) is 0 Å². The molecule has 0 aliphatic heterocycles. The van der Waals surface area contributed by atoms with Gasteiger partial charge in [0.1, 0.15) is 12.4 Å². The number of anilines is 1. The Morgan fingerprint density at radius 2 is 1.79 bits per heavy atom. The van der Waals surface area contributed by atoms with Crippen LogP contribution in [0.4, 0.5) is 18.9 Å². The average Bonchev–Trinajstić information content (AvgIpc) is 2.38. The highest BCUT2D eigenvalue weighted by molar-refractivity contribution is 5.52. The van der Waals surface area contributed by atoms with Gasteiger partial charge >= 0.3 is 6.18 Å². The summed E-state index contributed by atoms with van der Waals surface area (Å²) in [5.74, 6) is 0. The summed E-state index contributed by atoms with van der Waals surface area (Å²) in [5.41, 5.74) is 5.06. The molecule has 100 valence electrons. The summed E-state index contributed by atoms with van der Waals surface area (Å²) in [7, 11) is 0. The van der Waals surface area contributed by atoms with Crippen LogP contribution in [0.5, 0.6) is 0 Å². The molecule has 0 bridgehead atoms. The third kappa shape index (κ3) is 2.82. The largest absolute Gasteiger partial charge is 0.416 e. The Bertz CT molecular complexity index is 572. The predicted octanol–water partition coefficient (Wildman–Crippen LogP) is 2.16. The molecule has 4 nitrogen and oxygen atoms in total. The smallest absolute Gasteiger partial charge is 0.398 e. The number of aliphatic hydroxyl groups is 1. The van der Waals surface area contributed by atoms with Gasteiger partial charge in [0.05, 0.1) is 5.56 Å². The van der Waals surface area contributed by atoms with Crippen molar-refractivity contribution in [1.82, 2.24) is 9.97 Å². The lowest BCUT2D eigenvalue weighted by atomic mass is 10.00. The van der Waals surface area contributed by atoms with Gasteiger partial charge in [0, 0.05) is 29.2 Å². The molecule has 1 aromatic carbocycles. The van der Waals surface area contributed by atoms with Crippen LogP contribution in [0.15, 0.2) is 36.9 Å². The van der Waals surface area contributed by atoms with E-state index in [0.717, 1.165) is 18.2 Å². The van der Waals surface area contributed by atoms with E-state index in [0.29, 0.717) is 0 Å². The van der Waals surface area contributed by atoms with Crippen molar-refractivity contribution in [2.24, 2.45) is 0 Å². The highest BCUT2D eigenvalue weighted by Gasteiger charge is 2.31. The fourth-order valence-corrected chi connectivity index (χ4v) is 1.62. The summed E-state index contributed by atoms with van der Waals surface area (Å²) < 4.78 is 37.9. The summed E-state index contributed by atoms with van der Waals surface area (Å²) in [6.45, 7) is 0. The Labute approximate surface area is 106 Å². The summed E-state index contributed by atoms with van der Waals surface area (Å²) in [6, 6.07) is 2.81. The number of nitrogens with zero attached hydrogens (tertiary/aromatic N) is 2. The molecule has 0 spiro atoms. The van der Waals surface area contributed by atoms with E-state index in [2.05, 4.69) is 9.97 Å². The predicted molar refractivity (Wildman–Crippen MR) is 62.0 cm³/mol. The van der Waals surface area contributed by atoms with Gasteiger partial charge in [-0.3, -0.25) is 0 Å². The summed E-state index contributed by atoms with van der Waals surface area (Å²) in [6.07, 6.45) is -1.90. The fraction of sp³-hybridized carbons (Fsp3) is 0.167. The monoisotopic (exact) mass is 269 g/mol. The van der Waals surface area contributed by atoms with E-state index >= 15 is 0 Å². The van der Waals surface area contributed by atoms with Crippen molar-refractivity contribution < 1.29 is 18.3 Å². The maximum Gasteiger partial charge on any atom is 0.416 e. The first-order chi connectivity index (χ1) is 8.89. The fourth-order valence-electron chi connectivity index (χ4n) is 1.62. The first-order valence-corrected chi connectivity index (χ1v) is 5.29. The molecule has 0 amide bonds. The number of aliphatic hydroxyl groups excluding tert-OH is 1. The molecule has 0 aliphatic rings. The zero-order valence-corrected chi connectivity index (χ0v) is 9.59. The van der Waals surface area contributed by atoms with Crippen molar-refractivity contribution in [2.75, 3.05) is 5.73 Å². The standard InChI is InChI=1S/C12H10F3N3O/c13-12(14,15)8-1-2-10(16)9(3-8)11(19)7-4-17-6-18-5-7/h1-6,11,19H,16H2. The third-order valence-corrected chi connectivity index (χ3v) is 2.60. The van der Waals surface area contributed by atoms with Crippen LogP contribution in [0.25, 0.3) is 0 Å². The molecule has 2 rings (SSSR count). The molecule has 2 aromatic rings. The topological polar surface area (TPSA) is 72.0 Å². The van der Waals surface area contributed by atoms with Gasteiger partial charge in [-0.2, -0.15) is 13.2 Å². The lowest BCUT2D eigenvalue weighted by Gasteiger charge is -2.15. The second-order valence-electron chi connectivity index (χ2n) is 3.92. The minimum absolute atomic E-state index is 0.0235. The summed E-state index contributed by atoms with van der Waals surface area (Å²) >= 11 is 0. The van der Waals surface area contributed by atoms with Gasteiger partial charge in [-0.1, -0.05) is 0 Å². The molecule has 0 fully saturated rings. The SMILES string of the molecule is Nc1ccc(C(F)(F)F)cc1C(O)c1cncnc1. The summed E-state index contributed by atoms with van der Waals surface area (Å²) in [5, 5.41) is 10.0. The Hall–Kier alpha value is -2.15. The van der Waals surface area contributed by atoms with Gasteiger partial charge in [0.2, 0.25) is 0 Å². The minimum Gasteiger partial charge on any atom is -0.398 e. The number of benzene rings is 1. The molecule has 0 saturated carbocycles. The van der Waals surface area contributed by atoms with Gasteiger partial charge in [0.15, 0.2) is 0 Å². The van der Waals surface area contributed by atoms with Crippen molar-refractivity contribution >= 4 is 5.69 Å². The zero-order chi connectivity index (χ0) is 14.0. The molecule has 1 atom stereocenters. The van der Waals surface area contributed by atoms with Crippen LogP contribution < -0.4 is 5.73 Å². The van der Waals surface area contributed by atoms with Crippen LogP contribution in [0.1, 0.15) is 22.8 Å². The Balaban J connectivity index is 2.45. The molecule has 1 aromatic heterocycles. The molecule has 0 saturated heterocycles. The highest BCUT2D eigenvalue weighted by Crippen LogP contribution is 2.34. The number of hydrogen-bond acceptors (Lipinski definition) is 4. The van der Waals surface area contributed by atoms with Gasteiger partial charge < -0.3 is 10.8 Å². The maximum atomic E-state index is 12.6. The van der Waals surface area contributed by atoms with Crippen LogP contribution in [0.2, 0.25) is 0 Å². The van der Waals surface area contributed by atoms with E-state index in [4.69, 9.17) is 5.73 Å². The molecule has 7 heteroatoms. The van der Waals surface area contributed by atoms with E-state index < -0.39 is 17.8 Å².